The van der Waals surface area contributed by atoms with Crippen molar-refractivity contribution >= 4 is 5.97 Å². The number of ether oxygens (including phenoxy) is 1. The molecule has 2 unspecified atom stereocenters. The Hall–Kier alpha value is -0.650. The highest BCUT2D eigenvalue weighted by Gasteiger charge is 2.32. The molecular formula is C14H26N2O3. The van der Waals surface area contributed by atoms with Crippen LogP contribution in [0.3, 0.4) is 0 Å². The SMILES string of the molecule is CCCN(CC1CCC(C(=O)O)O1)C1CCNCC1. The molecule has 2 aliphatic heterocycles. The van der Waals surface area contributed by atoms with Crippen LogP contribution in [0.25, 0.3) is 0 Å². The fourth-order valence-electron chi connectivity index (χ4n) is 3.17. The zero-order valence-corrected chi connectivity index (χ0v) is 11.8. The first kappa shape index (κ1) is 14.8. The van der Waals surface area contributed by atoms with Crippen molar-refractivity contribution < 1.29 is 14.6 Å². The van der Waals surface area contributed by atoms with Crippen molar-refractivity contribution in [1.82, 2.24) is 10.2 Å². The van der Waals surface area contributed by atoms with Gasteiger partial charge in [0.05, 0.1) is 6.10 Å². The lowest BCUT2D eigenvalue weighted by molar-refractivity contribution is -0.149. The van der Waals surface area contributed by atoms with Crippen LogP contribution in [0.1, 0.15) is 39.0 Å². The molecule has 0 aliphatic carbocycles. The standard InChI is InChI=1S/C14H26N2O3/c1-2-9-16(11-5-7-15-8-6-11)10-12-3-4-13(19-12)14(17)18/h11-13,15H,2-10H2,1H3,(H,17,18). The largest absolute Gasteiger partial charge is 0.479 e. The number of carboxylic acid groups (broad SMARTS) is 1. The number of piperidine rings is 1. The molecule has 5 heteroatoms. The predicted molar refractivity (Wildman–Crippen MR) is 73.3 cm³/mol. The molecule has 2 fully saturated rings. The van der Waals surface area contributed by atoms with Gasteiger partial charge in [-0.25, -0.2) is 4.79 Å². The number of aliphatic carboxylic acids is 1. The van der Waals surface area contributed by atoms with E-state index in [-0.39, 0.29) is 6.10 Å². The summed E-state index contributed by atoms with van der Waals surface area (Å²) in [5.74, 6) is -0.814. The van der Waals surface area contributed by atoms with E-state index in [9.17, 15) is 4.79 Å². The average molecular weight is 270 g/mol. The van der Waals surface area contributed by atoms with Crippen LogP contribution in [0, 0.1) is 0 Å². The average Bonchev–Trinajstić information content (AvgIpc) is 2.88. The maximum atomic E-state index is 10.9. The molecule has 2 rings (SSSR count). The van der Waals surface area contributed by atoms with E-state index < -0.39 is 12.1 Å². The van der Waals surface area contributed by atoms with Gasteiger partial charge in [-0.15, -0.1) is 0 Å². The molecule has 0 bridgehead atoms. The highest BCUT2D eigenvalue weighted by Crippen LogP contribution is 2.23. The minimum atomic E-state index is -0.814. The van der Waals surface area contributed by atoms with Gasteiger partial charge in [0, 0.05) is 12.6 Å². The summed E-state index contributed by atoms with van der Waals surface area (Å²) in [6.07, 6.45) is 4.57. The van der Waals surface area contributed by atoms with Crippen LogP contribution in [0.15, 0.2) is 0 Å². The van der Waals surface area contributed by atoms with Crippen molar-refractivity contribution in [3.8, 4) is 0 Å². The molecule has 5 nitrogen and oxygen atoms in total. The molecule has 0 aromatic carbocycles. The van der Waals surface area contributed by atoms with Crippen molar-refractivity contribution in [3.63, 3.8) is 0 Å². The number of hydrogen-bond donors (Lipinski definition) is 2. The summed E-state index contributed by atoms with van der Waals surface area (Å²) in [6, 6.07) is 0.633. The zero-order chi connectivity index (χ0) is 13.7. The summed E-state index contributed by atoms with van der Waals surface area (Å²) < 4.78 is 5.63. The van der Waals surface area contributed by atoms with Crippen LogP contribution < -0.4 is 5.32 Å². The molecule has 2 aliphatic rings. The fourth-order valence-corrected chi connectivity index (χ4v) is 3.17. The monoisotopic (exact) mass is 270 g/mol. The molecule has 0 radical (unpaired) electrons. The van der Waals surface area contributed by atoms with Gasteiger partial charge in [-0.1, -0.05) is 6.92 Å². The molecule has 19 heavy (non-hydrogen) atoms. The number of nitrogens with one attached hydrogen (secondary N) is 1. The van der Waals surface area contributed by atoms with E-state index in [2.05, 4.69) is 17.1 Å². The highest BCUT2D eigenvalue weighted by molar-refractivity contribution is 5.72. The molecule has 0 aromatic rings. The van der Waals surface area contributed by atoms with Gasteiger partial charge in [-0.2, -0.15) is 0 Å². The van der Waals surface area contributed by atoms with E-state index in [1.807, 2.05) is 0 Å². The van der Waals surface area contributed by atoms with Gasteiger partial charge >= 0.3 is 5.97 Å². The quantitative estimate of drug-likeness (QED) is 0.756. The second-order valence-corrected chi connectivity index (χ2v) is 5.64. The Morgan fingerprint density at radius 1 is 1.32 bits per heavy atom. The van der Waals surface area contributed by atoms with Crippen LogP contribution in [-0.4, -0.2) is 60.4 Å². The number of nitrogens with zero attached hydrogens (tertiary/aromatic N) is 1. The third-order valence-electron chi connectivity index (χ3n) is 4.16. The van der Waals surface area contributed by atoms with Gasteiger partial charge in [0.15, 0.2) is 6.10 Å². The third-order valence-corrected chi connectivity index (χ3v) is 4.16. The van der Waals surface area contributed by atoms with Gasteiger partial charge in [0.2, 0.25) is 0 Å². The number of carboxylic acids is 1. The lowest BCUT2D eigenvalue weighted by Crippen LogP contribution is -2.46. The summed E-state index contributed by atoms with van der Waals surface area (Å²) in [7, 11) is 0. The number of carbonyl (C=O) groups is 1. The van der Waals surface area contributed by atoms with E-state index >= 15 is 0 Å². The Bertz CT molecular complexity index is 292. The molecule has 110 valence electrons. The summed E-state index contributed by atoms with van der Waals surface area (Å²) in [6.45, 7) is 6.36. The van der Waals surface area contributed by atoms with Crippen LogP contribution in [-0.2, 0) is 9.53 Å². The summed E-state index contributed by atoms with van der Waals surface area (Å²) >= 11 is 0. The zero-order valence-electron chi connectivity index (χ0n) is 11.8. The van der Waals surface area contributed by atoms with Crippen molar-refractivity contribution in [2.75, 3.05) is 26.2 Å². The van der Waals surface area contributed by atoms with Crippen molar-refractivity contribution in [1.29, 1.82) is 0 Å². The minimum Gasteiger partial charge on any atom is -0.479 e. The molecule has 0 saturated carbocycles. The van der Waals surface area contributed by atoms with Crippen molar-refractivity contribution in [3.05, 3.63) is 0 Å². The molecule has 0 spiro atoms. The Kier molecular flexibility index (Phi) is 5.60. The summed E-state index contributed by atoms with van der Waals surface area (Å²) in [5.41, 5.74) is 0. The maximum absolute atomic E-state index is 10.9. The Morgan fingerprint density at radius 3 is 2.63 bits per heavy atom. The van der Waals surface area contributed by atoms with Crippen LogP contribution in [0.2, 0.25) is 0 Å². The smallest absolute Gasteiger partial charge is 0.332 e. The van der Waals surface area contributed by atoms with Crippen LogP contribution in [0.5, 0.6) is 0 Å². The van der Waals surface area contributed by atoms with E-state index in [1.54, 1.807) is 0 Å². The van der Waals surface area contributed by atoms with E-state index in [1.165, 1.54) is 12.8 Å². The molecule has 2 N–H and O–H groups in total. The first-order valence-corrected chi connectivity index (χ1v) is 7.53. The minimum absolute atomic E-state index is 0.0996. The van der Waals surface area contributed by atoms with Crippen molar-refractivity contribution in [2.45, 2.75) is 57.3 Å². The summed E-state index contributed by atoms with van der Waals surface area (Å²) in [4.78, 5) is 13.4. The van der Waals surface area contributed by atoms with Crippen LogP contribution >= 0.6 is 0 Å². The Balaban J connectivity index is 1.84. The van der Waals surface area contributed by atoms with Crippen LogP contribution in [0.4, 0.5) is 0 Å². The Morgan fingerprint density at radius 2 is 2.05 bits per heavy atom. The number of hydrogen-bond acceptors (Lipinski definition) is 4. The number of rotatable bonds is 6. The topological polar surface area (TPSA) is 61.8 Å². The van der Waals surface area contributed by atoms with Gasteiger partial charge in [0.25, 0.3) is 0 Å². The summed E-state index contributed by atoms with van der Waals surface area (Å²) in [5, 5.41) is 12.4. The van der Waals surface area contributed by atoms with E-state index in [0.29, 0.717) is 12.5 Å². The predicted octanol–water partition coefficient (Wildman–Crippen LogP) is 1.08. The molecule has 2 saturated heterocycles. The molecular weight excluding hydrogens is 244 g/mol. The van der Waals surface area contributed by atoms with Gasteiger partial charge in [-0.3, -0.25) is 4.90 Å². The lowest BCUT2D eigenvalue weighted by atomic mass is 10.0. The molecule has 2 heterocycles. The maximum Gasteiger partial charge on any atom is 0.332 e. The lowest BCUT2D eigenvalue weighted by Gasteiger charge is -2.35. The van der Waals surface area contributed by atoms with Gasteiger partial charge < -0.3 is 15.2 Å². The second kappa shape index (κ2) is 7.22. The normalized spacial score (nSPS) is 28.9. The first-order chi connectivity index (χ1) is 9.20. The van der Waals surface area contributed by atoms with Gasteiger partial charge in [-0.05, 0) is 51.7 Å². The molecule has 0 amide bonds. The molecule has 0 aromatic heterocycles. The highest BCUT2D eigenvalue weighted by atomic mass is 16.5. The van der Waals surface area contributed by atoms with Gasteiger partial charge in [0.1, 0.15) is 0 Å². The van der Waals surface area contributed by atoms with E-state index in [4.69, 9.17) is 9.84 Å². The second-order valence-electron chi connectivity index (χ2n) is 5.64. The third kappa shape index (κ3) is 4.16. The fraction of sp³-hybridized carbons (Fsp3) is 0.929. The van der Waals surface area contributed by atoms with E-state index in [0.717, 1.165) is 39.0 Å². The Labute approximate surface area is 115 Å². The molecule has 2 atom stereocenters. The van der Waals surface area contributed by atoms with Crippen molar-refractivity contribution in [2.24, 2.45) is 0 Å². The first-order valence-electron chi connectivity index (χ1n) is 7.53.